The topological polar surface area (TPSA) is 66.5 Å². The summed E-state index contributed by atoms with van der Waals surface area (Å²) in [6.45, 7) is 2.30. The smallest absolute Gasteiger partial charge is 0.251 e. The van der Waals surface area contributed by atoms with Gasteiger partial charge >= 0.3 is 0 Å². The van der Waals surface area contributed by atoms with E-state index in [9.17, 15) is 13.8 Å². The first-order valence-corrected chi connectivity index (χ1v) is 8.10. The lowest BCUT2D eigenvalue weighted by Crippen LogP contribution is -2.42. The molecule has 6 heteroatoms. The van der Waals surface area contributed by atoms with Gasteiger partial charge in [0.2, 0.25) is 5.91 Å². The van der Waals surface area contributed by atoms with Gasteiger partial charge in [-0.25, -0.2) is 4.90 Å². The van der Waals surface area contributed by atoms with Crippen molar-refractivity contribution in [3.05, 3.63) is 30.3 Å². The number of benzene rings is 1. The Labute approximate surface area is 120 Å². The van der Waals surface area contributed by atoms with Gasteiger partial charge in [0.25, 0.3) is 5.91 Å². The zero-order chi connectivity index (χ0) is 14.7. The van der Waals surface area contributed by atoms with Gasteiger partial charge in [0.1, 0.15) is 0 Å². The summed E-state index contributed by atoms with van der Waals surface area (Å²) >= 11 is 0. The van der Waals surface area contributed by atoms with Gasteiger partial charge in [-0.3, -0.25) is 13.8 Å². The molecule has 1 aromatic rings. The normalized spacial score (nSPS) is 22.1. The zero-order valence-electron chi connectivity index (χ0n) is 11.5. The summed E-state index contributed by atoms with van der Waals surface area (Å²) in [5, 5.41) is 2.99. The molecule has 3 atom stereocenters. The van der Waals surface area contributed by atoms with Crippen LogP contribution in [0.3, 0.4) is 0 Å². The van der Waals surface area contributed by atoms with Gasteiger partial charge in [0.15, 0.2) is 0 Å². The molecule has 1 aliphatic rings. The van der Waals surface area contributed by atoms with Crippen molar-refractivity contribution < 1.29 is 13.8 Å². The molecular formula is C14H18N2O3S. The van der Waals surface area contributed by atoms with Crippen LogP contribution in [0.4, 0.5) is 5.69 Å². The van der Waals surface area contributed by atoms with E-state index in [-0.39, 0.29) is 23.5 Å². The minimum atomic E-state index is -0.947. The summed E-state index contributed by atoms with van der Waals surface area (Å²) in [4.78, 5) is 25.5. The highest BCUT2D eigenvalue weighted by molar-refractivity contribution is 7.84. The fraction of sp³-hybridized carbons (Fsp3) is 0.429. The van der Waals surface area contributed by atoms with Crippen LogP contribution in [0.15, 0.2) is 30.3 Å². The molecule has 1 N–H and O–H groups in total. The number of hydrogen-bond donors (Lipinski definition) is 1. The fourth-order valence-electron chi connectivity index (χ4n) is 2.07. The molecule has 0 saturated carbocycles. The lowest BCUT2D eigenvalue weighted by Gasteiger charge is -2.16. The number of imide groups is 1. The Morgan fingerprint density at radius 3 is 2.60 bits per heavy atom. The van der Waals surface area contributed by atoms with Crippen LogP contribution in [0.2, 0.25) is 0 Å². The Balaban J connectivity index is 2.04. The van der Waals surface area contributed by atoms with Crippen LogP contribution in [-0.2, 0) is 20.4 Å². The Morgan fingerprint density at radius 2 is 2.00 bits per heavy atom. The largest absolute Gasteiger partial charge is 0.304 e. The summed E-state index contributed by atoms with van der Waals surface area (Å²) in [5.41, 5.74) is 0.596. The molecule has 1 aromatic carbocycles. The Hall–Kier alpha value is -1.53. The van der Waals surface area contributed by atoms with Gasteiger partial charge in [0, 0.05) is 28.9 Å². The second kappa shape index (κ2) is 6.28. The van der Waals surface area contributed by atoms with Gasteiger partial charge in [-0.15, -0.1) is 0 Å². The fourth-order valence-corrected chi connectivity index (χ4v) is 2.40. The molecule has 1 aliphatic heterocycles. The van der Waals surface area contributed by atoms with Gasteiger partial charge < -0.3 is 5.32 Å². The molecule has 1 heterocycles. The van der Waals surface area contributed by atoms with Crippen LogP contribution < -0.4 is 10.2 Å². The number of nitrogens with zero attached hydrogens (tertiary/aromatic N) is 1. The number of carbonyl (C=O) groups is 2. The molecule has 108 valence electrons. The molecule has 2 amide bonds. The number of amides is 2. The van der Waals surface area contributed by atoms with Gasteiger partial charge in [-0.1, -0.05) is 18.2 Å². The predicted octanol–water partition coefficient (Wildman–Crippen LogP) is 0.675. The first-order chi connectivity index (χ1) is 9.50. The van der Waals surface area contributed by atoms with E-state index in [1.165, 1.54) is 4.90 Å². The first-order valence-electron chi connectivity index (χ1n) is 6.48. The van der Waals surface area contributed by atoms with Crippen LogP contribution in [0.5, 0.6) is 0 Å². The molecule has 20 heavy (non-hydrogen) atoms. The van der Waals surface area contributed by atoms with E-state index < -0.39 is 16.8 Å². The maximum absolute atomic E-state index is 12.3. The average molecular weight is 294 g/mol. The van der Waals surface area contributed by atoms with E-state index in [1.54, 1.807) is 30.5 Å². The SMILES string of the molecule is CC(CNC1CC(=O)N(c2ccccc2)C1=O)S(C)=O. The van der Waals surface area contributed by atoms with Crippen molar-refractivity contribution >= 4 is 28.3 Å². The maximum atomic E-state index is 12.3. The Bertz CT molecular complexity index is 532. The van der Waals surface area contributed by atoms with Crippen LogP contribution in [0.25, 0.3) is 0 Å². The van der Waals surface area contributed by atoms with E-state index in [4.69, 9.17) is 0 Å². The average Bonchev–Trinajstić information content (AvgIpc) is 2.71. The van der Waals surface area contributed by atoms with Crippen molar-refractivity contribution in [3.8, 4) is 0 Å². The number of carbonyl (C=O) groups excluding carboxylic acids is 2. The number of anilines is 1. The minimum Gasteiger partial charge on any atom is -0.304 e. The molecule has 0 aliphatic carbocycles. The van der Waals surface area contributed by atoms with Crippen molar-refractivity contribution in [2.24, 2.45) is 0 Å². The van der Waals surface area contributed by atoms with E-state index in [2.05, 4.69) is 5.32 Å². The predicted molar refractivity (Wildman–Crippen MR) is 78.9 cm³/mol. The van der Waals surface area contributed by atoms with E-state index in [1.807, 2.05) is 13.0 Å². The number of para-hydroxylation sites is 1. The highest BCUT2D eigenvalue weighted by Crippen LogP contribution is 2.22. The third-order valence-corrected chi connectivity index (χ3v) is 4.68. The van der Waals surface area contributed by atoms with Crippen molar-refractivity contribution in [2.45, 2.75) is 24.6 Å². The molecule has 0 spiro atoms. The quantitative estimate of drug-likeness (QED) is 0.811. The molecule has 0 bridgehead atoms. The molecule has 0 aromatic heterocycles. The molecule has 3 unspecified atom stereocenters. The molecule has 2 rings (SSSR count). The van der Waals surface area contributed by atoms with Crippen LogP contribution in [0.1, 0.15) is 13.3 Å². The van der Waals surface area contributed by atoms with Gasteiger partial charge in [-0.05, 0) is 19.1 Å². The summed E-state index contributed by atoms with van der Waals surface area (Å²) in [7, 11) is -0.947. The Morgan fingerprint density at radius 1 is 1.35 bits per heavy atom. The van der Waals surface area contributed by atoms with E-state index in [0.717, 1.165) is 0 Å². The highest BCUT2D eigenvalue weighted by atomic mass is 32.2. The first kappa shape index (κ1) is 14.9. The second-order valence-corrected chi connectivity index (χ2v) is 6.68. The number of nitrogens with one attached hydrogen (secondary N) is 1. The summed E-state index contributed by atoms with van der Waals surface area (Å²) in [5.74, 6) is -0.445. The summed E-state index contributed by atoms with van der Waals surface area (Å²) in [6.07, 6.45) is 1.78. The monoisotopic (exact) mass is 294 g/mol. The lowest BCUT2D eigenvalue weighted by molar-refractivity contribution is -0.121. The highest BCUT2D eigenvalue weighted by Gasteiger charge is 2.39. The number of rotatable bonds is 5. The van der Waals surface area contributed by atoms with E-state index >= 15 is 0 Å². The van der Waals surface area contributed by atoms with Crippen LogP contribution in [-0.4, -0.2) is 40.1 Å². The van der Waals surface area contributed by atoms with Crippen LogP contribution in [0, 0.1) is 0 Å². The third-order valence-electron chi connectivity index (χ3n) is 3.38. The van der Waals surface area contributed by atoms with Crippen molar-refractivity contribution in [2.75, 3.05) is 17.7 Å². The molecule has 1 fully saturated rings. The Kier molecular flexibility index (Phi) is 4.67. The van der Waals surface area contributed by atoms with E-state index in [0.29, 0.717) is 12.2 Å². The van der Waals surface area contributed by atoms with Crippen molar-refractivity contribution in [1.82, 2.24) is 5.32 Å². The van der Waals surface area contributed by atoms with Crippen LogP contribution >= 0.6 is 0 Å². The lowest BCUT2D eigenvalue weighted by atomic mass is 10.2. The third kappa shape index (κ3) is 3.13. The maximum Gasteiger partial charge on any atom is 0.251 e. The van der Waals surface area contributed by atoms with Gasteiger partial charge in [-0.2, -0.15) is 0 Å². The zero-order valence-corrected chi connectivity index (χ0v) is 12.4. The summed E-state index contributed by atoms with van der Waals surface area (Å²) < 4.78 is 11.3. The molecule has 1 saturated heterocycles. The van der Waals surface area contributed by atoms with Crippen molar-refractivity contribution in [3.63, 3.8) is 0 Å². The standard InChI is InChI=1S/C14H18N2O3S/c1-10(20(2)19)9-15-12-8-13(17)16(14(12)18)11-6-4-3-5-7-11/h3-7,10,12,15H,8-9H2,1-2H3. The minimum absolute atomic E-state index is 0.0522. The van der Waals surface area contributed by atoms with Gasteiger partial charge in [0.05, 0.1) is 18.2 Å². The molecule has 5 nitrogen and oxygen atoms in total. The van der Waals surface area contributed by atoms with Crippen molar-refractivity contribution in [1.29, 1.82) is 0 Å². The molecule has 0 radical (unpaired) electrons. The summed E-state index contributed by atoms with van der Waals surface area (Å²) in [6, 6.07) is 8.37. The second-order valence-electron chi connectivity index (χ2n) is 4.88. The number of hydrogen-bond acceptors (Lipinski definition) is 4. The molecular weight excluding hydrogens is 276 g/mol.